The van der Waals surface area contributed by atoms with Crippen LogP contribution in [0.2, 0.25) is 0 Å². The maximum atomic E-state index is 10.2. The molecule has 1 rings (SSSR count). The third-order valence-electron chi connectivity index (χ3n) is 0.583. The van der Waals surface area contributed by atoms with Crippen LogP contribution in [0, 0.1) is 0 Å². The summed E-state index contributed by atoms with van der Waals surface area (Å²) in [5.74, 6) is -0.833. The zero-order valence-corrected chi connectivity index (χ0v) is 5.94. The van der Waals surface area contributed by atoms with Gasteiger partial charge in [0.1, 0.15) is 0 Å². The number of carboxylic acids is 1. The third-order valence-corrected chi connectivity index (χ3v) is 0.583. The van der Waals surface area contributed by atoms with Crippen molar-refractivity contribution in [1.29, 1.82) is 0 Å². The Morgan fingerprint density at radius 3 is 2.45 bits per heavy atom. The fourth-order valence-electron chi connectivity index (χ4n) is 0.312. The third kappa shape index (κ3) is 8.35. The van der Waals surface area contributed by atoms with Crippen LogP contribution in [0.25, 0.3) is 0 Å². The molecule has 0 aliphatic carbocycles. The monoisotopic (exact) mass is 156 g/mol. The van der Waals surface area contributed by atoms with Crippen molar-refractivity contribution in [3.05, 3.63) is 28.7 Å². The summed E-state index contributed by atoms with van der Waals surface area (Å²) in [6.45, 7) is 1.08. The highest BCUT2D eigenvalue weighted by atomic mass is 16.4. The topological polar surface area (TPSA) is 83.0 Å². The maximum Gasteiger partial charge on any atom is 0.300 e. The van der Waals surface area contributed by atoms with Gasteiger partial charge in [-0.2, -0.15) is 5.10 Å². The van der Waals surface area contributed by atoms with E-state index in [0.717, 1.165) is 6.92 Å². The van der Waals surface area contributed by atoms with Gasteiger partial charge in [-0.05, 0) is 6.07 Å². The van der Waals surface area contributed by atoms with Crippen molar-refractivity contribution in [2.24, 2.45) is 0 Å². The summed E-state index contributed by atoms with van der Waals surface area (Å²) in [6, 6.07) is 2.99. The second-order valence-electron chi connectivity index (χ2n) is 1.63. The van der Waals surface area contributed by atoms with Crippen LogP contribution >= 0.6 is 0 Å². The van der Waals surface area contributed by atoms with Gasteiger partial charge in [-0.3, -0.25) is 9.59 Å². The predicted octanol–water partition coefficient (Wildman–Crippen LogP) is -0.139. The second kappa shape index (κ2) is 5.16. The number of nitrogens with zero attached hydrogens (tertiary/aromatic N) is 1. The van der Waals surface area contributed by atoms with Crippen molar-refractivity contribution in [1.82, 2.24) is 10.2 Å². The van der Waals surface area contributed by atoms with Crippen LogP contribution < -0.4 is 5.56 Å². The summed E-state index contributed by atoms with van der Waals surface area (Å²) in [5.41, 5.74) is -0.164. The van der Waals surface area contributed by atoms with Crippen molar-refractivity contribution in [3.8, 4) is 0 Å². The molecule has 0 amide bonds. The summed E-state index contributed by atoms with van der Waals surface area (Å²) >= 11 is 0. The minimum absolute atomic E-state index is 0.164. The van der Waals surface area contributed by atoms with Gasteiger partial charge in [0.25, 0.3) is 11.5 Å². The Balaban J connectivity index is 0.000000218. The van der Waals surface area contributed by atoms with Gasteiger partial charge in [0.2, 0.25) is 0 Å². The Morgan fingerprint density at radius 1 is 1.73 bits per heavy atom. The first-order chi connectivity index (χ1) is 5.13. The molecule has 0 aliphatic rings. The lowest BCUT2D eigenvalue weighted by molar-refractivity contribution is -0.134. The molecule has 1 heterocycles. The summed E-state index contributed by atoms with van der Waals surface area (Å²) in [7, 11) is 0. The Hall–Kier alpha value is -1.65. The molecule has 60 valence electrons. The number of aliphatic carboxylic acids is 1. The number of hydrogen-bond donors (Lipinski definition) is 2. The summed E-state index contributed by atoms with van der Waals surface area (Å²) < 4.78 is 0. The fraction of sp³-hybridized carbons (Fsp3) is 0.167. The lowest BCUT2D eigenvalue weighted by Gasteiger charge is -1.72. The van der Waals surface area contributed by atoms with Gasteiger partial charge < -0.3 is 5.11 Å². The van der Waals surface area contributed by atoms with E-state index in [9.17, 15) is 4.79 Å². The quantitative estimate of drug-likeness (QED) is 0.547. The molecule has 0 radical (unpaired) electrons. The van der Waals surface area contributed by atoms with E-state index >= 15 is 0 Å². The molecule has 0 saturated carbocycles. The molecule has 2 N–H and O–H groups in total. The van der Waals surface area contributed by atoms with Gasteiger partial charge in [-0.1, -0.05) is 0 Å². The molecule has 0 spiro atoms. The lowest BCUT2D eigenvalue weighted by atomic mass is 10.6. The van der Waals surface area contributed by atoms with Crippen molar-refractivity contribution >= 4 is 5.97 Å². The number of rotatable bonds is 0. The summed E-state index contributed by atoms with van der Waals surface area (Å²) in [6.07, 6.45) is 1.52. The van der Waals surface area contributed by atoms with Crippen LogP contribution in [-0.4, -0.2) is 21.3 Å². The predicted molar refractivity (Wildman–Crippen MR) is 38.2 cm³/mol. The number of hydrogen-bond acceptors (Lipinski definition) is 3. The zero-order valence-electron chi connectivity index (χ0n) is 5.94. The number of aromatic nitrogens is 2. The van der Waals surface area contributed by atoms with E-state index in [1.54, 1.807) is 6.07 Å². The van der Waals surface area contributed by atoms with Crippen LogP contribution in [-0.2, 0) is 4.79 Å². The molecular formula is C6H8N2O3. The Morgan fingerprint density at radius 2 is 2.27 bits per heavy atom. The van der Waals surface area contributed by atoms with Gasteiger partial charge in [-0.15, -0.1) is 0 Å². The molecule has 5 heteroatoms. The van der Waals surface area contributed by atoms with Gasteiger partial charge >= 0.3 is 0 Å². The van der Waals surface area contributed by atoms with Crippen LogP contribution in [0.15, 0.2) is 23.1 Å². The van der Waals surface area contributed by atoms with Gasteiger partial charge in [0.15, 0.2) is 0 Å². The van der Waals surface area contributed by atoms with E-state index in [2.05, 4.69) is 10.2 Å². The molecule has 0 saturated heterocycles. The smallest absolute Gasteiger partial charge is 0.300 e. The molecule has 1 aromatic heterocycles. The Kier molecular flexibility index (Phi) is 4.39. The molecule has 0 aromatic carbocycles. The largest absolute Gasteiger partial charge is 0.481 e. The SMILES string of the molecule is CC(=O)O.O=c1cccn[nH]1. The first kappa shape index (κ1) is 9.35. The Bertz CT molecular complexity index is 247. The molecular weight excluding hydrogens is 148 g/mol. The molecule has 11 heavy (non-hydrogen) atoms. The molecule has 0 unspecified atom stereocenters. The maximum absolute atomic E-state index is 10.2. The second-order valence-corrected chi connectivity index (χ2v) is 1.63. The van der Waals surface area contributed by atoms with Crippen molar-refractivity contribution < 1.29 is 9.90 Å². The van der Waals surface area contributed by atoms with Crippen LogP contribution in [0.4, 0.5) is 0 Å². The van der Waals surface area contributed by atoms with Gasteiger partial charge in [0, 0.05) is 19.2 Å². The minimum Gasteiger partial charge on any atom is -0.481 e. The number of nitrogens with one attached hydrogen (secondary N) is 1. The molecule has 1 aromatic rings. The van der Waals surface area contributed by atoms with E-state index in [4.69, 9.17) is 9.90 Å². The zero-order chi connectivity index (χ0) is 8.69. The number of aromatic amines is 1. The molecule has 0 aliphatic heterocycles. The normalized spacial score (nSPS) is 7.73. The molecule has 0 atom stereocenters. The molecule has 5 nitrogen and oxygen atoms in total. The first-order valence-corrected chi connectivity index (χ1v) is 2.82. The molecule has 0 fully saturated rings. The number of carboxylic acid groups (broad SMARTS) is 1. The van der Waals surface area contributed by atoms with Crippen LogP contribution in [0.3, 0.4) is 0 Å². The van der Waals surface area contributed by atoms with E-state index in [0.29, 0.717) is 0 Å². The van der Waals surface area contributed by atoms with Crippen molar-refractivity contribution in [2.45, 2.75) is 6.92 Å². The van der Waals surface area contributed by atoms with Gasteiger partial charge in [0.05, 0.1) is 0 Å². The van der Waals surface area contributed by atoms with E-state index in [-0.39, 0.29) is 5.56 Å². The highest BCUT2D eigenvalue weighted by Gasteiger charge is 1.70. The van der Waals surface area contributed by atoms with Crippen LogP contribution in [0.5, 0.6) is 0 Å². The fourth-order valence-corrected chi connectivity index (χ4v) is 0.312. The van der Waals surface area contributed by atoms with Crippen molar-refractivity contribution in [3.63, 3.8) is 0 Å². The Labute approximate surface area is 62.7 Å². The standard InChI is InChI=1S/C4H4N2O.C2H4O2/c7-4-2-1-3-5-6-4;1-2(3)4/h1-3H,(H,6,7);1H3,(H,3,4). The van der Waals surface area contributed by atoms with Gasteiger partial charge in [-0.25, -0.2) is 5.10 Å². The highest BCUT2D eigenvalue weighted by Crippen LogP contribution is 1.60. The van der Waals surface area contributed by atoms with E-state index < -0.39 is 5.97 Å². The highest BCUT2D eigenvalue weighted by molar-refractivity contribution is 5.62. The number of H-pyrrole nitrogens is 1. The van der Waals surface area contributed by atoms with E-state index in [1.807, 2.05) is 0 Å². The number of carbonyl (C=O) groups is 1. The minimum atomic E-state index is -0.833. The lowest BCUT2D eigenvalue weighted by Crippen LogP contribution is -2.02. The summed E-state index contributed by atoms with van der Waals surface area (Å²) in [5, 5.41) is 13.1. The van der Waals surface area contributed by atoms with Crippen LogP contribution in [0.1, 0.15) is 6.92 Å². The summed E-state index contributed by atoms with van der Waals surface area (Å²) in [4.78, 5) is 19.2. The van der Waals surface area contributed by atoms with Crippen molar-refractivity contribution in [2.75, 3.05) is 0 Å². The van der Waals surface area contributed by atoms with E-state index in [1.165, 1.54) is 12.3 Å². The first-order valence-electron chi connectivity index (χ1n) is 2.82. The average molecular weight is 156 g/mol. The molecule has 0 bridgehead atoms. The average Bonchev–Trinajstić information content (AvgIpc) is 1.87.